The lowest BCUT2D eigenvalue weighted by atomic mass is 9.94. The van der Waals surface area contributed by atoms with E-state index in [1.807, 2.05) is 37.5 Å². The largest absolute Gasteiger partial charge is 0.376 e. The average molecular weight is 611 g/mol. The van der Waals surface area contributed by atoms with E-state index in [9.17, 15) is 12.8 Å². The molecule has 2 aliphatic rings. The Morgan fingerprint density at radius 3 is 2.73 bits per heavy atom. The Morgan fingerprint density at radius 2 is 1.93 bits per heavy atom. The maximum absolute atomic E-state index is 14.7. The van der Waals surface area contributed by atoms with Crippen LogP contribution < -0.4 is 0 Å². The first kappa shape index (κ1) is 28.4. The Hall–Kier alpha value is -4.35. The summed E-state index contributed by atoms with van der Waals surface area (Å²) in [6.07, 6.45) is 11.5. The van der Waals surface area contributed by atoms with E-state index in [1.165, 1.54) is 18.4 Å². The molecule has 4 aromatic heterocycles. The van der Waals surface area contributed by atoms with Gasteiger partial charge in [-0.25, -0.2) is 17.8 Å². The van der Waals surface area contributed by atoms with Crippen molar-refractivity contribution < 1.29 is 17.5 Å². The van der Waals surface area contributed by atoms with Gasteiger partial charge in [-0.15, -0.1) is 0 Å². The molecule has 0 saturated carbocycles. The van der Waals surface area contributed by atoms with E-state index in [1.54, 1.807) is 18.5 Å². The predicted octanol–water partition coefficient (Wildman–Crippen LogP) is 5.58. The number of ether oxygens (including phenoxy) is 1. The molecule has 2 aliphatic heterocycles. The van der Waals surface area contributed by atoms with Gasteiger partial charge in [0, 0.05) is 59.9 Å². The first-order valence-corrected chi connectivity index (χ1v) is 16.7. The first-order chi connectivity index (χ1) is 21.2. The van der Waals surface area contributed by atoms with Crippen LogP contribution in [-0.2, 0) is 21.0 Å². The lowest BCUT2D eigenvalue weighted by molar-refractivity contribution is 0.00113. The summed E-state index contributed by atoms with van der Waals surface area (Å²) < 4.78 is 44.4. The zero-order valence-corrected chi connectivity index (χ0v) is 25.2. The second-order valence-corrected chi connectivity index (χ2v) is 13.8. The number of hydrogen-bond donors (Lipinski definition) is 1. The van der Waals surface area contributed by atoms with E-state index >= 15 is 0 Å². The molecule has 1 fully saturated rings. The third-order valence-corrected chi connectivity index (χ3v) is 9.22. The molecule has 11 heteroatoms. The van der Waals surface area contributed by atoms with Gasteiger partial charge in [0.25, 0.3) is 0 Å². The SMILES string of the molecule is Cc1ccncc1-c1cc2c(cn1)C(C1CCCCO1)N=C2c1nc2c(-c3cc(F)cc(CCS(C)(=O)=O)c3)nccc2[nH]1. The Kier molecular flexibility index (Phi) is 7.30. The van der Waals surface area contributed by atoms with E-state index < -0.39 is 15.7 Å². The average Bonchev–Trinajstić information content (AvgIpc) is 3.61. The van der Waals surface area contributed by atoms with Crippen LogP contribution in [0.1, 0.15) is 53.4 Å². The van der Waals surface area contributed by atoms with Gasteiger partial charge in [-0.3, -0.25) is 19.9 Å². The van der Waals surface area contributed by atoms with E-state index in [2.05, 4.69) is 15.0 Å². The summed E-state index contributed by atoms with van der Waals surface area (Å²) >= 11 is 0. The van der Waals surface area contributed by atoms with Gasteiger partial charge < -0.3 is 9.72 Å². The molecule has 9 nitrogen and oxygen atoms in total. The molecule has 1 saturated heterocycles. The zero-order chi connectivity index (χ0) is 30.4. The zero-order valence-electron chi connectivity index (χ0n) is 24.4. The van der Waals surface area contributed by atoms with E-state index in [-0.39, 0.29) is 24.3 Å². The highest BCUT2D eigenvalue weighted by Gasteiger charge is 2.35. The molecule has 5 aromatic rings. The molecule has 1 aromatic carbocycles. The summed E-state index contributed by atoms with van der Waals surface area (Å²) in [5.74, 6) is 0.0407. The van der Waals surface area contributed by atoms with Gasteiger partial charge in [0.15, 0.2) is 5.82 Å². The topological polar surface area (TPSA) is 123 Å². The quantitative estimate of drug-likeness (QED) is 0.255. The van der Waals surface area contributed by atoms with Gasteiger partial charge in [-0.1, -0.05) is 0 Å². The molecule has 2 atom stereocenters. The summed E-state index contributed by atoms with van der Waals surface area (Å²) in [6.45, 7) is 2.74. The number of sulfone groups is 1. The minimum Gasteiger partial charge on any atom is -0.376 e. The third-order valence-electron chi connectivity index (χ3n) is 8.28. The van der Waals surface area contributed by atoms with Crippen molar-refractivity contribution in [3.63, 3.8) is 0 Å². The molecule has 6 heterocycles. The van der Waals surface area contributed by atoms with E-state index in [0.29, 0.717) is 40.5 Å². The molecule has 0 amide bonds. The molecular formula is C33H31FN6O3S. The van der Waals surface area contributed by atoms with Crippen LogP contribution in [0.4, 0.5) is 4.39 Å². The van der Waals surface area contributed by atoms with Crippen molar-refractivity contribution in [2.24, 2.45) is 4.99 Å². The fourth-order valence-electron chi connectivity index (χ4n) is 6.04. The molecule has 0 radical (unpaired) electrons. The van der Waals surface area contributed by atoms with Crippen LogP contribution in [0.2, 0.25) is 0 Å². The van der Waals surface area contributed by atoms with Gasteiger partial charge in [0.2, 0.25) is 0 Å². The van der Waals surface area contributed by atoms with Crippen molar-refractivity contribution in [3.8, 4) is 22.5 Å². The number of aromatic nitrogens is 5. The summed E-state index contributed by atoms with van der Waals surface area (Å²) in [6, 6.07) is 10.2. The van der Waals surface area contributed by atoms with Crippen molar-refractivity contribution >= 4 is 26.6 Å². The molecule has 44 heavy (non-hydrogen) atoms. The van der Waals surface area contributed by atoms with Gasteiger partial charge in [-0.2, -0.15) is 0 Å². The number of rotatable bonds is 7. The molecule has 7 rings (SSSR count). The predicted molar refractivity (Wildman–Crippen MR) is 167 cm³/mol. The van der Waals surface area contributed by atoms with E-state index in [4.69, 9.17) is 19.7 Å². The van der Waals surface area contributed by atoms with Gasteiger partial charge in [-0.05, 0) is 80.1 Å². The normalized spacial score (nSPS) is 18.4. The number of fused-ring (bicyclic) bond motifs is 2. The number of hydrogen-bond acceptors (Lipinski definition) is 8. The molecule has 1 N–H and O–H groups in total. The van der Waals surface area contributed by atoms with Crippen molar-refractivity contribution in [1.29, 1.82) is 0 Å². The number of nitrogens with zero attached hydrogens (tertiary/aromatic N) is 5. The fourth-order valence-corrected chi connectivity index (χ4v) is 6.65. The maximum atomic E-state index is 14.7. The molecule has 0 bridgehead atoms. The number of pyridine rings is 3. The molecule has 224 valence electrons. The van der Waals surface area contributed by atoms with Crippen LogP contribution in [0, 0.1) is 12.7 Å². The lowest BCUT2D eigenvalue weighted by Gasteiger charge is -2.26. The second kappa shape index (κ2) is 11.3. The number of aliphatic imine (C=N–C) groups is 1. The number of nitrogens with one attached hydrogen (secondary N) is 1. The Bertz CT molecular complexity index is 2030. The van der Waals surface area contributed by atoms with Crippen LogP contribution in [0.5, 0.6) is 0 Å². The summed E-state index contributed by atoms with van der Waals surface area (Å²) in [5.41, 5.74) is 8.35. The van der Waals surface area contributed by atoms with Gasteiger partial charge in [0.1, 0.15) is 32.9 Å². The number of imidazole rings is 1. The monoisotopic (exact) mass is 610 g/mol. The summed E-state index contributed by atoms with van der Waals surface area (Å²) in [5, 5.41) is 0. The standard InChI is InChI=1S/C33H31FN6O3S/c1-19-6-9-35-17-24(19)27-16-23-25(18-37-27)30(28-5-3-4-11-43-28)39-31(23)33-38-26-7-10-36-29(32(26)40-33)21-13-20(14-22(34)15-21)8-12-44(2,41)42/h6-7,9-10,13-18,28,30H,3-5,8,11-12H2,1-2H3,(H,38,40). The number of halogens is 1. The second-order valence-electron chi connectivity index (χ2n) is 11.5. The Balaban J connectivity index is 1.33. The summed E-state index contributed by atoms with van der Waals surface area (Å²) in [7, 11) is -3.20. The van der Waals surface area contributed by atoms with Crippen LogP contribution in [0.25, 0.3) is 33.5 Å². The summed E-state index contributed by atoms with van der Waals surface area (Å²) in [4.78, 5) is 27.3. The highest BCUT2D eigenvalue weighted by atomic mass is 32.2. The number of aromatic amines is 1. The minimum absolute atomic E-state index is 0.0490. The Morgan fingerprint density at radius 1 is 1.05 bits per heavy atom. The highest BCUT2D eigenvalue weighted by Crippen LogP contribution is 2.39. The molecule has 0 aliphatic carbocycles. The van der Waals surface area contributed by atoms with Crippen molar-refractivity contribution in [2.45, 2.75) is 44.8 Å². The molecule has 0 spiro atoms. The maximum Gasteiger partial charge on any atom is 0.157 e. The van der Waals surface area contributed by atoms with Crippen LogP contribution in [0.3, 0.4) is 0 Å². The van der Waals surface area contributed by atoms with Crippen LogP contribution in [0.15, 0.2) is 66.2 Å². The minimum atomic E-state index is -3.20. The number of H-pyrrole nitrogens is 1. The number of benzene rings is 1. The lowest BCUT2D eigenvalue weighted by Crippen LogP contribution is -2.24. The van der Waals surface area contributed by atoms with Crippen molar-refractivity contribution in [2.75, 3.05) is 18.6 Å². The van der Waals surface area contributed by atoms with Gasteiger partial charge >= 0.3 is 0 Å². The third kappa shape index (κ3) is 5.53. The molecule has 2 unspecified atom stereocenters. The fraction of sp³-hybridized carbons (Fsp3) is 0.303. The smallest absolute Gasteiger partial charge is 0.157 e. The Labute approximate surface area is 254 Å². The van der Waals surface area contributed by atoms with Crippen LogP contribution >= 0.6 is 0 Å². The van der Waals surface area contributed by atoms with Crippen molar-refractivity contribution in [1.82, 2.24) is 24.9 Å². The van der Waals surface area contributed by atoms with Gasteiger partial charge in [0.05, 0.1) is 28.8 Å². The van der Waals surface area contributed by atoms with Crippen LogP contribution in [-0.4, -0.2) is 63.8 Å². The molecular weight excluding hydrogens is 579 g/mol. The number of aryl methyl sites for hydroxylation is 2. The van der Waals surface area contributed by atoms with E-state index in [0.717, 1.165) is 52.7 Å². The van der Waals surface area contributed by atoms with Crippen molar-refractivity contribution in [3.05, 3.63) is 95.1 Å². The first-order valence-electron chi connectivity index (χ1n) is 14.7. The highest BCUT2D eigenvalue weighted by molar-refractivity contribution is 7.90.